The average molecular weight is 287 g/mol. The molecule has 0 saturated carbocycles. The van der Waals surface area contributed by atoms with Gasteiger partial charge >= 0.3 is 5.97 Å². The molecule has 2 rings (SSSR count). The van der Waals surface area contributed by atoms with Crippen LogP contribution < -0.4 is 0 Å². The molecule has 1 heterocycles. The Kier molecular flexibility index (Phi) is 2.91. The number of imidazole rings is 1. The summed E-state index contributed by atoms with van der Waals surface area (Å²) in [5.74, 6) is -1.24. The number of aryl methyl sites for hydroxylation is 1. The van der Waals surface area contributed by atoms with Crippen LogP contribution in [0.1, 0.15) is 6.42 Å². The molecule has 0 unspecified atom stereocenters. The van der Waals surface area contributed by atoms with Gasteiger partial charge in [0.05, 0.1) is 17.5 Å². The Balaban J connectivity index is 2.43. The molecule has 0 fully saturated rings. The lowest BCUT2D eigenvalue weighted by Crippen LogP contribution is -2.04. The first-order valence-corrected chi connectivity index (χ1v) is 5.40. The van der Waals surface area contributed by atoms with Crippen molar-refractivity contribution in [2.75, 3.05) is 0 Å². The molecular weight excluding hydrogens is 279 g/mol. The second kappa shape index (κ2) is 4.21. The van der Waals surface area contributed by atoms with Gasteiger partial charge in [0.1, 0.15) is 5.82 Å². The van der Waals surface area contributed by atoms with Gasteiger partial charge in [-0.1, -0.05) is 0 Å². The van der Waals surface area contributed by atoms with Crippen LogP contribution in [0.4, 0.5) is 4.39 Å². The Hall–Kier alpha value is -1.43. The van der Waals surface area contributed by atoms with Crippen molar-refractivity contribution >= 4 is 32.9 Å². The first kappa shape index (κ1) is 11.1. The van der Waals surface area contributed by atoms with E-state index in [1.54, 1.807) is 10.6 Å². The lowest BCUT2D eigenvalue weighted by molar-refractivity contribution is -0.137. The van der Waals surface area contributed by atoms with Crippen LogP contribution in [-0.4, -0.2) is 20.6 Å². The number of aliphatic carboxylic acids is 1. The number of aromatic nitrogens is 2. The van der Waals surface area contributed by atoms with E-state index >= 15 is 0 Å². The van der Waals surface area contributed by atoms with E-state index in [1.807, 2.05) is 0 Å². The van der Waals surface area contributed by atoms with Gasteiger partial charge in [-0.2, -0.15) is 0 Å². The number of carbonyl (C=O) groups is 1. The molecule has 0 amide bonds. The maximum absolute atomic E-state index is 12.9. The molecule has 0 aliphatic rings. The lowest BCUT2D eigenvalue weighted by atomic mass is 10.3. The number of fused-ring (bicyclic) bond motifs is 1. The van der Waals surface area contributed by atoms with E-state index in [9.17, 15) is 9.18 Å². The predicted molar refractivity (Wildman–Crippen MR) is 59.6 cm³/mol. The number of rotatable bonds is 3. The number of benzene rings is 1. The highest BCUT2D eigenvalue weighted by atomic mass is 79.9. The molecule has 16 heavy (non-hydrogen) atoms. The summed E-state index contributed by atoms with van der Waals surface area (Å²) in [7, 11) is 0. The molecule has 0 radical (unpaired) electrons. The molecule has 0 aliphatic heterocycles. The highest BCUT2D eigenvalue weighted by Gasteiger charge is 2.10. The third kappa shape index (κ3) is 2.06. The summed E-state index contributed by atoms with van der Waals surface area (Å²) in [6, 6.07) is 4.23. The molecule has 1 N–H and O–H groups in total. The summed E-state index contributed by atoms with van der Waals surface area (Å²) >= 11 is 3.22. The first-order chi connectivity index (χ1) is 7.58. The molecule has 2 aromatic rings. The highest BCUT2D eigenvalue weighted by molar-refractivity contribution is 9.10. The molecule has 0 atom stereocenters. The van der Waals surface area contributed by atoms with Gasteiger partial charge in [-0.3, -0.25) is 4.79 Å². The maximum Gasteiger partial charge on any atom is 0.305 e. The summed E-state index contributed by atoms with van der Waals surface area (Å²) in [6.45, 7) is 0.304. The third-order valence-electron chi connectivity index (χ3n) is 2.21. The smallest absolute Gasteiger partial charge is 0.305 e. The fourth-order valence-electron chi connectivity index (χ4n) is 1.49. The van der Waals surface area contributed by atoms with E-state index in [-0.39, 0.29) is 12.2 Å². The largest absolute Gasteiger partial charge is 0.481 e. The summed E-state index contributed by atoms with van der Waals surface area (Å²) in [4.78, 5) is 14.6. The van der Waals surface area contributed by atoms with Crippen LogP contribution in [0.2, 0.25) is 0 Å². The van der Waals surface area contributed by atoms with Gasteiger partial charge in [0, 0.05) is 12.6 Å². The van der Waals surface area contributed by atoms with Crippen LogP contribution in [-0.2, 0) is 11.3 Å². The molecule has 0 spiro atoms. The molecule has 0 bridgehead atoms. The zero-order chi connectivity index (χ0) is 11.7. The second-order valence-electron chi connectivity index (χ2n) is 3.31. The molecule has 4 nitrogen and oxygen atoms in total. The van der Waals surface area contributed by atoms with Crippen LogP contribution in [0.15, 0.2) is 22.9 Å². The SMILES string of the molecule is O=C(O)CCn1c(Br)nc2cc(F)ccc21. The topological polar surface area (TPSA) is 55.1 Å². The van der Waals surface area contributed by atoms with Crippen molar-refractivity contribution in [2.24, 2.45) is 0 Å². The minimum atomic E-state index is -0.879. The van der Waals surface area contributed by atoms with Gasteiger partial charge in [0.25, 0.3) is 0 Å². The van der Waals surface area contributed by atoms with Gasteiger partial charge < -0.3 is 9.67 Å². The Morgan fingerprint density at radius 1 is 1.56 bits per heavy atom. The van der Waals surface area contributed by atoms with E-state index in [4.69, 9.17) is 5.11 Å². The van der Waals surface area contributed by atoms with E-state index in [2.05, 4.69) is 20.9 Å². The number of nitrogens with zero attached hydrogens (tertiary/aromatic N) is 2. The van der Waals surface area contributed by atoms with Gasteiger partial charge in [-0.15, -0.1) is 0 Å². The lowest BCUT2D eigenvalue weighted by Gasteiger charge is -2.02. The van der Waals surface area contributed by atoms with Crippen LogP contribution in [0.25, 0.3) is 11.0 Å². The second-order valence-corrected chi connectivity index (χ2v) is 4.02. The maximum atomic E-state index is 12.9. The fourth-order valence-corrected chi connectivity index (χ4v) is 2.05. The molecular formula is C10H8BrFN2O2. The predicted octanol–water partition coefficient (Wildman–Crippen LogP) is 2.41. The van der Waals surface area contributed by atoms with Crippen molar-refractivity contribution in [1.29, 1.82) is 0 Å². The Morgan fingerprint density at radius 3 is 3.00 bits per heavy atom. The molecule has 84 valence electrons. The Bertz CT molecular complexity index is 553. The minimum absolute atomic E-state index is 0.00143. The van der Waals surface area contributed by atoms with Gasteiger partial charge in [-0.25, -0.2) is 9.37 Å². The summed E-state index contributed by atoms with van der Waals surface area (Å²) in [5.41, 5.74) is 1.23. The Morgan fingerprint density at radius 2 is 2.31 bits per heavy atom. The molecule has 0 saturated heterocycles. The van der Waals surface area contributed by atoms with Crippen molar-refractivity contribution in [3.63, 3.8) is 0 Å². The van der Waals surface area contributed by atoms with Crippen molar-refractivity contribution in [3.8, 4) is 0 Å². The Labute approximate surface area is 98.8 Å². The number of hydrogen-bond acceptors (Lipinski definition) is 2. The molecule has 1 aromatic heterocycles. The van der Waals surface area contributed by atoms with E-state index < -0.39 is 5.97 Å². The van der Waals surface area contributed by atoms with Crippen LogP contribution in [0.3, 0.4) is 0 Å². The van der Waals surface area contributed by atoms with Crippen molar-refractivity contribution in [2.45, 2.75) is 13.0 Å². The first-order valence-electron chi connectivity index (χ1n) is 4.61. The van der Waals surface area contributed by atoms with E-state index in [1.165, 1.54) is 12.1 Å². The minimum Gasteiger partial charge on any atom is -0.481 e. The summed E-state index contributed by atoms with van der Waals surface area (Å²) < 4.78 is 15.1. The number of hydrogen-bond donors (Lipinski definition) is 1. The van der Waals surface area contributed by atoms with Crippen LogP contribution >= 0.6 is 15.9 Å². The molecule has 1 aromatic carbocycles. The summed E-state index contributed by atoms with van der Waals surface area (Å²) in [5, 5.41) is 8.61. The van der Waals surface area contributed by atoms with E-state index in [0.29, 0.717) is 16.8 Å². The molecule has 0 aliphatic carbocycles. The number of halogens is 2. The number of carboxylic acids is 1. The standard InChI is InChI=1S/C10H8BrFN2O2/c11-10-13-7-5-6(12)1-2-8(7)14(10)4-3-9(15)16/h1-2,5H,3-4H2,(H,15,16). The monoisotopic (exact) mass is 286 g/mol. The zero-order valence-electron chi connectivity index (χ0n) is 8.15. The summed E-state index contributed by atoms with van der Waals surface area (Å²) in [6.07, 6.45) is 0.00143. The average Bonchev–Trinajstić information content (AvgIpc) is 2.50. The van der Waals surface area contributed by atoms with E-state index in [0.717, 1.165) is 5.52 Å². The fraction of sp³-hybridized carbons (Fsp3) is 0.200. The normalized spacial score (nSPS) is 10.9. The van der Waals surface area contributed by atoms with Gasteiger partial charge in [0.15, 0.2) is 4.73 Å². The van der Waals surface area contributed by atoms with Crippen LogP contribution in [0, 0.1) is 5.82 Å². The number of carboxylic acid groups (broad SMARTS) is 1. The quantitative estimate of drug-likeness (QED) is 0.943. The van der Waals surface area contributed by atoms with Crippen molar-refractivity contribution in [3.05, 3.63) is 28.7 Å². The van der Waals surface area contributed by atoms with Crippen molar-refractivity contribution < 1.29 is 14.3 Å². The van der Waals surface area contributed by atoms with Crippen molar-refractivity contribution in [1.82, 2.24) is 9.55 Å². The zero-order valence-corrected chi connectivity index (χ0v) is 9.74. The highest BCUT2D eigenvalue weighted by Crippen LogP contribution is 2.21. The third-order valence-corrected chi connectivity index (χ3v) is 2.82. The van der Waals surface area contributed by atoms with Gasteiger partial charge in [0.2, 0.25) is 0 Å². The van der Waals surface area contributed by atoms with Gasteiger partial charge in [-0.05, 0) is 28.1 Å². The molecule has 6 heteroatoms. The van der Waals surface area contributed by atoms with Crippen LogP contribution in [0.5, 0.6) is 0 Å².